The second-order valence-electron chi connectivity index (χ2n) is 10.3. The fourth-order valence-electron chi connectivity index (χ4n) is 4.75. The fourth-order valence-corrected chi connectivity index (χ4v) is 6.63. The summed E-state index contributed by atoms with van der Waals surface area (Å²) < 4.78 is 29.1. The van der Waals surface area contributed by atoms with Gasteiger partial charge in [-0.05, 0) is 47.9 Å². The first-order valence-corrected chi connectivity index (χ1v) is 16.6. The summed E-state index contributed by atoms with van der Waals surface area (Å²) in [4.78, 5) is 29.6. The van der Waals surface area contributed by atoms with E-state index in [0.29, 0.717) is 6.54 Å². The molecular formula is C34H35Cl2N3O4S. The molecule has 0 saturated carbocycles. The van der Waals surface area contributed by atoms with Gasteiger partial charge in [0, 0.05) is 24.5 Å². The number of rotatable bonds is 14. The van der Waals surface area contributed by atoms with Gasteiger partial charge >= 0.3 is 0 Å². The molecule has 0 aliphatic rings. The number of hydrogen-bond acceptors (Lipinski definition) is 4. The Labute approximate surface area is 269 Å². The SMILES string of the molecule is CCCCNC(=O)C(Cc1ccccc1)N(Cc1ccccc1)C(=O)CN(c1cc(Cl)ccc1Cl)S(=O)(=O)c1ccccc1. The van der Waals surface area contributed by atoms with Crippen LogP contribution in [0, 0.1) is 0 Å². The Bertz CT molecular complexity index is 1640. The summed E-state index contributed by atoms with van der Waals surface area (Å²) >= 11 is 12.8. The third kappa shape index (κ3) is 8.62. The van der Waals surface area contributed by atoms with E-state index in [1.165, 1.54) is 29.2 Å². The topological polar surface area (TPSA) is 86.8 Å². The number of hydrogen-bond donors (Lipinski definition) is 1. The van der Waals surface area contributed by atoms with E-state index < -0.39 is 28.5 Å². The van der Waals surface area contributed by atoms with Gasteiger partial charge in [0.15, 0.2) is 0 Å². The van der Waals surface area contributed by atoms with Crippen LogP contribution in [0.4, 0.5) is 5.69 Å². The molecule has 7 nitrogen and oxygen atoms in total. The zero-order valence-electron chi connectivity index (χ0n) is 24.4. The zero-order chi connectivity index (χ0) is 31.5. The molecule has 0 heterocycles. The molecule has 10 heteroatoms. The molecule has 0 fully saturated rings. The molecule has 0 saturated heterocycles. The van der Waals surface area contributed by atoms with Gasteiger partial charge in [-0.2, -0.15) is 0 Å². The third-order valence-corrected chi connectivity index (χ3v) is 9.41. The van der Waals surface area contributed by atoms with Crippen LogP contribution in [0.5, 0.6) is 0 Å². The number of anilines is 1. The van der Waals surface area contributed by atoms with Gasteiger partial charge in [0.1, 0.15) is 12.6 Å². The van der Waals surface area contributed by atoms with E-state index in [1.807, 2.05) is 67.6 Å². The summed E-state index contributed by atoms with van der Waals surface area (Å²) in [5.41, 5.74) is 1.71. The predicted octanol–water partition coefficient (Wildman–Crippen LogP) is 6.75. The molecule has 2 amide bonds. The van der Waals surface area contributed by atoms with Gasteiger partial charge in [-0.1, -0.05) is 115 Å². The number of amides is 2. The molecule has 0 aliphatic carbocycles. The van der Waals surface area contributed by atoms with Gasteiger partial charge in [0.2, 0.25) is 11.8 Å². The summed E-state index contributed by atoms with van der Waals surface area (Å²) in [5, 5.41) is 3.34. The first-order chi connectivity index (χ1) is 21.2. The number of benzene rings is 4. The summed E-state index contributed by atoms with van der Waals surface area (Å²) in [6, 6.07) is 30.1. The number of carbonyl (C=O) groups is 2. The van der Waals surface area contributed by atoms with Crippen LogP contribution in [-0.4, -0.2) is 44.3 Å². The van der Waals surface area contributed by atoms with E-state index in [2.05, 4.69) is 5.32 Å². The van der Waals surface area contributed by atoms with Gasteiger partial charge in [-0.15, -0.1) is 0 Å². The highest BCUT2D eigenvalue weighted by Crippen LogP contribution is 2.33. The highest BCUT2D eigenvalue weighted by molar-refractivity contribution is 7.92. The molecule has 1 unspecified atom stereocenters. The summed E-state index contributed by atoms with van der Waals surface area (Å²) in [7, 11) is -4.28. The molecule has 0 aromatic heterocycles. The Balaban J connectivity index is 1.79. The lowest BCUT2D eigenvalue weighted by Gasteiger charge is -2.34. The molecule has 0 bridgehead atoms. The van der Waals surface area contributed by atoms with Crippen molar-refractivity contribution in [1.82, 2.24) is 10.2 Å². The average molecular weight is 653 g/mol. The van der Waals surface area contributed by atoms with E-state index in [1.54, 1.807) is 24.3 Å². The van der Waals surface area contributed by atoms with Crippen LogP contribution in [0.3, 0.4) is 0 Å². The highest BCUT2D eigenvalue weighted by atomic mass is 35.5. The molecule has 1 N–H and O–H groups in total. The Morgan fingerprint density at radius 3 is 2.02 bits per heavy atom. The first-order valence-electron chi connectivity index (χ1n) is 14.4. The van der Waals surface area contributed by atoms with Crippen molar-refractivity contribution < 1.29 is 18.0 Å². The van der Waals surface area contributed by atoms with Crippen molar-refractivity contribution in [1.29, 1.82) is 0 Å². The molecule has 44 heavy (non-hydrogen) atoms. The van der Waals surface area contributed by atoms with Crippen molar-refractivity contribution in [2.75, 3.05) is 17.4 Å². The maximum absolute atomic E-state index is 14.4. The fraction of sp³-hybridized carbons (Fsp3) is 0.235. The maximum atomic E-state index is 14.4. The summed E-state index contributed by atoms with van der Waals surface area (Å²) in [5.74, 6) is -0.888. The minimum Gasteiger partial charge on any atom is -0.354 e. The third-order valence-electron chi connectivity index (χ3n) is 7.08. The molecular weight excluding hydrogens is 617 g/mol. The smallest absolute Gasteiger partial charge is 0.264 e. The number of sulfonamides is 1. The largest absolute Gasteiger partial charge is 0.354 e. The van der Waals surface area contributed by atoms with Gasteiger partial charge in [0.25, 0.3) is 10.0 Å². The highest BCUT2D eigenvalue weighted by Gasteiger charge is 2.35. The van der Waals surface area contributed by atoms with Crippen molar-refractivity contribution in [2.24, 2.45) is 0 Å². The van der Waals surface area contributed by atoms with Crippen LogP contribution in [-0.2, 0) is 32.6 Å². The van der Waals surface area contributed by atoms with E-state index in [4.69, 9.17) is 23.2 Å². The second-order valence-corrected chi connectivity index (χ2v) is 13.0. The predicted molar refractivity (Wildman–Crippen MR) is 176 cm³/mol. The summed E-state index contributed by atoms with van der Waals surface area (Å²) in [6.45, 7) is 1.96. The van der Waals surface area contributed by atoms with Crippen molar-refractivity contribution in [3.63, 3.8) is 0 Å². The molecule has 4 rings (SSSR count). The number of nitrogens with zero attached hydrogens (tertiary/aromatic N) is 2. The lowest BCUT2D eigenvalue weighted by molar-refractivity contribution is -0.140. The molecule has 0 spiro atoms. The zero-order valence-corrected chi connectivity index (χ0v) is 26.7. The van der Waals surface area contributed by atoms with E-state index in [9.17, 15) is 18.0 Å². The normalized spacial score (nSPS) is 11.9. The number of unbranched alkanes of at least 4 members (excludes halogenated alkanes) is 1. The Morgan fingerprint density at radius 2 is 1.41 bits per heavy atom. The molecule has 0 radical (unpaired) electrons. The first kappa shape index (κ1) is 33.1. The van der Waals surface area contributed by atoms with Gasteiger partial charge in [-0.25, -0.2) is 8.42 Å². The van der Waals surface area contributed by atoms with Crippen molar-refractivity contribution in [3.05, 3.63) is 130 Å². The standard InChI is InChI=1S/C34H35Cl2N3O4S/c1-2-3-21-37-34(41)32(22-26-13-7-4-8-14-26)38(24-27-15-9-5-10-16-27)33(40)25-39(31-23-28(35)19-20-30(31)36)44(42,43)29-17-11-6-12-18-29/h4-20,23,32H,2-3,21-22,24-25H2,1H3,(H,37,41). The van der Waals surface area contributed by atoms with Crippen LogP contribution < -0.4 is 9.62 Å². The van der Waals surface area contributed by atoms with E-state index in [-0.39, 0.29) is 39.5 Å². The Kier molecular flexibility index (Phi) is 11.8. The van der Waals surface area contributed by atoms with Crippen LogP contribution in [0.25, 0.3) is 0 Å². The molecule has 1 atom stereocenters. The lowest BCUT2D eigenvalue weighted by atomic mass is 10.0. The van der Waals surface area contributed by atoms with Gasteiger partial charge in [-0.3, -0.25) is 13.9 Å². The monoisotopic (exact) mass is 651 g/mol. The lowest BCUT2D eigenvalue weighted by Crippen LogP contribution is -2.53. The second kappa shape index (κ2) is 15.7. The number of carbonyl (C=O) groups excluding carboxylic acids is 2. The molecule has 4 aromatic rings. The van der Waals surface area contributed by atoms with E-state index >= 15 is 0 Å². The number of halogens is 2. The van der Waals surface area contributed by atoms with Crippen LogP contribution in [0.15, 0.2) is 114 Å². The van der Waals surface area contributed by atoms with Crippen molar-refractivity contribution >= 4 is 50.7 Å². The van der Waals surface area contributed by atoms with Crippen molar-refractivity contribution in [3.8, 4) is 0 Å². The van der Waals surface area contributed by atoms with Crippen molar-refractivity contribution in [2.45, 2.75) is 43.7 Å². The number of nitrogens with one attached hydrogen (secondary N) is 1. The molecule has 4 aromatic carbocycles. The van der Waals surface area contributed by atoms with Crippen LogP contribution in [0.2, 0.25) is 10.0 Å². The van der Waals surface area contributed by atoms with Gasteiger partial charge in [0.05, 0.1) is 15.6 Å². The van der Waals surface area contributed by atoms with E-state index in [0.717, 1.165) is 28.3 Å². The Morgan fingerprint density at radius 1 is 0.818 bits per heavy atom. The Hall–Kier alpha value is -3.85. The minimum atomic E-state index is -4.28. The summed E-state index contributed by atoms with van der Waals surface area (Å²) in [6.07, 6.45) is 1.91. The van der Waals surface area contributed by atoms with Crippen LogP contribution in [0.1, 0.15) is 30.9 Å². The molecule has 0 aliphatic heterocycles. The van der Waals surface area contributed by atoms with Gasteiger partial charge < -0.3 is 10.2 Å². The minimum absolute atomic E-state index is 0.0170. The quantitative estimate of drug-likeness (QED) is 0.153. The average Bonchev–Trinajstić information content (AvgIpc) is 3.04. The maximum Gasteiger partial charge on any atom is 0.264 e. The molecule has 230 valence electrons. The van der Waals surface area contributed by atoms with Crippen LogP contribution >= 0.6 is 23.2 Å².